The Balaban J connectivity index is 1.30. The van der Waals surface area contributed by atoms with Gasteiger partial charge in [-0.1, -0.05) is 18.2 Å². The standard InChI is InChI=1S/C22H27N3O5/c1-25(11-5-13-28-18-6-3-2-4-7-18)12-10-21(26)24-22(27)23-17-8-9-19-20(16-17)30-15-14-29-19/h2-4,6-9,16H,5,10-15H2,1H3,(H2,23,24,26,27). The van der Waals surface area contributed by atoms with Gasteiger partial charge in [-0.15, -0.1) is 0 Å². The smallest absolute Gasteiger partial charge is 0.325 e. The Morgan fingerprint density at radius 3 is 2.60 bits per heavy atom. The number of ether oxygens (including phenoxy) is 3. The second-order valence-electron chi connectivity index (χ2n) is 6.93. The predicted octanol–water partition coefficient (Wildman–Crippen LogP) is 2.90. The molecule has 1 aliphatic heterocycles. The van der Waals surface area contributed by atoms with E-state index in [9.17, 15) is 9.59 Å². The molecule has 8 nitrogen and oxygen atoms in total. The molecular formula is C22H27N3O5. The molecule has 0 atom stereocenters. The van der Waals surface area contributed by atoms with E-state index in [2.05, 4.69) is 10.6 Å². The molecule has 0 saturated heterocycles. The Hall–Kier alpha value is -3.26. The summed E-state index contributed by atoms with van der Waals surface area (Å²) in [6.45, 7) is 2.92. The van der Waals surface area contributed by atoms with Crippen LogP contribution in [0.1, 0.15) is 12.8 Å². The Morgan fingerprint density at radius 2 is 1.80 bits per heavy atom. The summed E-state index contributed by atoms with van der Waals surface area (Å²) in [4.78, 5) is 26.1. The van der Waals surface area contributed by atoms with E-state index in [1.807, 2.05) is 42.3 Å². The van der Waals surface area contributed by atoms with Gasteiger partial charge in [-0.2, -0.15) is 0 Å². The Kier molecular flexibility index (Phi) is 7.91. The molecule has 160 valence electrons. The fourth-order valence-corrected chi connectivity index (χ4v) is 2.92. The van der Waals surface area contributed by atoms with Crippen molar-refractivity contribution in [1.82, 2.24) is 10.2 Å². The number of hydrogen-bond donors (Lipinski definition) is 2. The van der Waals surface area contributed by atoms with E-state index in [4.69, 9.17) is 14.2 Å². The molecule has 0 radical (unpaired) electrons. The van der Waals surface area contributed by atoms with E-state index in [1.165, 1.54) is 0 Å². The number of urea groups is 1. The molecule has 0 bridgehead atoms. The monoisotopic (exact) mass is 413 g/mol. The highest BCUT2D eigenvalue weighted by atomic mass is 16.6. The second kappa shape index (κ2) is 11.1. The number of nitrogens with one attached hydrogen (secondary N) is 2. The average Bonchev–Trinajstić information content (AvgIpc) is 2.76. The van der Waals surface area contributed by atoms with Crippen LogP contribution in [-0.4, -0.2) is 56.8 Å². The van der Waals surface area contributed by atoms with Crippen molar-refractivity contribution in [3.8, 4) is 17.2 Å². The van der Waals surface area contributed by atoms with Gasteiger partial charge < -0.3 is 24.4 Å². The number of fused-ring (bicyclic) bond motifs is 1. The Morgan fingerprint density at radius 1 is 1.03 bits per heavy atom. The largest absolute Gasteiger partial charge is 0.494 e. The third-order valence-electron chi connectivity index (χ3n) is 4.47. The lowest BCUT2D eigenvalue weighted by Crippen LogP contribution is -2.36. The van der Waals surface area contributed by atoms with Crippen LogP contribution in [0.25, 0.3) is 0 Å². The van der Waals surface area contributed by atoms with Gasteiger partial charge >= 0.3 is 6.03 Å². The quantitative estimate of drug-likeness (QED) is 0.615. The number of carbonyl (C=O) groups is 2. The van der Waals surface area contributed by atoms with Crippen LogP contribution in [-0.2, 0) is 4.79 Å². The number of amides is 3. The van der Waals surface area contributed by atoms with E-state index < -0.39 is 6.03 Å². The van der Waals surface area contributed by atoms with Crippen LogP contribution in [0, 0.1) is 0 Å². The van der Waals surface area contributed by atoms with Crippen LogP contribution in [0.4, 0.5) is 10.5 Å². The van der Waals surface area contributed by atoms with Crippen LogP contribution in [0.5, 0.6) is 17.2 Å². The molecule has 1 aliphatic rings. The van der Waals surface area contributed by atoms with Crippen molar-refractivity contribution in [3.63, 3.8) is 0 Å². The molecule has 0 spiro atoms. The highest BCUT2D eigenvalue weighted by Crippen LogP contribution is 2.32. The van der Waals surface area contributed by atoms with Gasteiger partial charge in [0.25, 0.3) is 0 Å². The van der Waals surface area contributed by atoms with Crippen molar-refractivity contribution in [3.05, 3.63) is 48.5 Å². The maximum Gasteiger partial charge on any atom is 0.325 e. The normalized spacial score (nSPS) is 12.3. The molecule has 0 aliphatic carbocycles. The van der Waals surface area contributed by atoms with Crippen molar-refractivity contribution in [2.45, 2.75) is 12.8 Å². The number of nitrogens with zero attached hydrogens (tertiary/aromatic N) is 1. The lowest BCUT2D eigenvalue weighted by Gasteiger charge is -2.19. The highest BCUT2D eigenvalue weighted by Gasteiger charge is 2.14. The molecule has 2 N–H and O–H groups in total. The van der Waals surface area contributed by atoms with Crippen molar-refractivity contribution in [1.29, 1.82) is 0 Å². The fraction of sp³-hybridized carbons (Fsp3) is 0.364. The molecule has 8 heteroatoms. The number of imide groups is 1. The zero-order chi connectivity index (χ0) is 21.2. The maximum atomic E-state index is 12.0. The van der Waals surface area contributed by atoms with Crippen LogP contribution in [0.2, 0.25) is 0 Å². The van der Waals surface area contributed by atoms with Crippen molar-refractivity contribution in [2.75, 3.05) is 45.3 Å². The summed E-state index contributed by atoms with van der Waals surface area (Å²) in [6.07, 6.45) is 1.07. The summed E-state index contributed by atoms with van der Waals surface area (Å²) in [7, 11) is 1.94. The number of carbonyl (C=O) groups excluding carboxylic acids is 2. The van der Waals surface area contributed by atoms with Gasteiger partial charge in [0.1, 0.15) is 19.0 Å². The number of rotatable bonds is 9. The summed E-state index contributed by atoms with van der Waals surface area (Å²) in [6, 6.07) is 14.2. The summed E-state index contributed by atoms with van der Waals surface area (Å²) in [5.74, 6) is 1.73. The van der Waals surface area contributed by atoms with E-state index in [1.54, 1.807) is 18.2 Å². The lowest BCUT2D eigenvalue weighted by molar-refractivity contribution is -0.120. The molecule has 0 saturated carbocycles. The first-order valence-electron chi connectivity index (χ1n) is 9.97. The average molecular weight is 413 g/mol. The van der Waals surface area contributed by atoms with Crippen LogP contribution in [0.15, 0.2) is 48.5 Å². The molecule has 3 rings (SSSR count). The first kappa shape index (κ1) is 21.4. The van der Waals surface area contributed by atoms with Gasteiger partial charge in [0.15, 0.2) is 11.5 Å². The third kappa shape index (κ3) is 6.97. The van der Waals surface area contributed by atoms with Gasteiger partial charge in [-0.25, -0.2) is 4.79 Å². The zero-order valence-corrected chi connectivity index (χ0v) is 17.1. The minimum Gasteiger partial charge on any atom is -0.494 e. The Bertz CT molecular complexity index is 844. The number of para-hydroxylation sites is 1. The SMILES string of the molecule is CN(CCCOc1ccccc1)CCC(=O)NC(=O)Nc1ccc2c(c1)OCCO2. The lowest BCUT2D eigenvalue weighted by atomic mass is 10.2. The van der Waals surface area contributed by atoms with Crippen molar-refractivity contribution < 1.29 is 23.8 Å². The van der Waals surface area contributed by atoms with Gasteiger partial charge in [0.2, 0.25) is 5.91 Å². The van der Waals surface area contributed by atoms with E-state index in [-0.39, 0.29) is 12.3 Å². The molecule has 30 heavy (non-hydrogen) atoms. The summed E-state index contributed by atoms with van der Waals surface area (Å²) >= 11 is 0. The van der Waals surface area contributed by atoms with Gasteiger partial charge in [-0.3, -0.25) is 10.1 Å². The summed E-state index contributed by atoms with van der Waals surface area (Å²) in [5, 5.41) is 4.97. The van der Waals surface area contributed by atoms with Gasteiger partial charge in [0.05, 0.1) is 6.61 Å². The van der Waals surface area contributed by atoms with E-state index >= 15 is 0 Å². The minimum absolute atomic E-state index is 0.227. The molecule has 2 aromatic rings. The number of anilines is 1. The predicted molar refractivity (Wildman–Crippen MR) is 113 cm³/mol. The number of benzene rings is 2. The van der Waals surface area contributed by atoms with E-state index in [0.29, 0.717) is 43.6 Å². The molecular weight excluding hydrogens is 386 g/mol. The summed E-state index contributed by atoms with van der Waals surface area (Å²) in [5.41, 5.74) is 0.528. The van der Waals surface area contributed by atoms with E-state index in [0.717, 1.165) is 18.7 Å². The topological polar surface area (TPSA) is 89.1 Å². The molecule has 0 unspecified atom stereocenters. The van der Waals surface area contributed by atoms with Crippen molar-refractivity contribution >= 4 is 17.6 Å². The third-order valence-corrected chi connectivity index (χ3v) is 4.47. The number of hydrogen-bond acceptors (Lipinski definition) is 6. The fourth-order valence-electron chi connectivity index (χ4n) is 2.92. The highest BCUT2D eigenvalue weighted by molar-refractivity contribution is 6.01. The van der Waals surface area contributed by atoms with Crippen LogP contribution in [0.3, 0.4) is 0 Å². The minimum atomic E-state index is -0.574. The molecule has 0 aromatic heterocycles. The first-order chi connectivity index (χ1) is 14.6. The van der Waals surface area contributed by atoms with Crippen LogP contribution >= 0.6 is 0 Å². The zero-order valence-electron chi connectivity index (χ0n) is 17.1. The Labute approximate surface area is 176 Å². The van der Waals surface area contributed by atoms with Crippen LogP contribution < -0.4 is 24.8 Å². The molecule has 0 fully saturated rings. The second-order valence-corrected chi connectivity index (χ2v) is 6.93. The molecule has 2 aromatic carbocycles. The van der Waals surface area contributed by atoms with Gasteiger partial charge in [0, 0.05) is 31.3 Å². The molecule has 3 amide bonds. The van der Waals surface area contributed by atoms with Crippen molar-refractivity contribution in [2.24, 2.45) is 0 Å². The summed E-state index contributed by atoms with van der Waals surface area (Å²) < 4.78 is 16.6. The first-order valence-corrected chi connectivity index (χ1v) is 9.97. The maximum absolute atomic E-state index is 12.0. The molecule has 1 heterocycles. The van der Waals surface area contributed by atoms with Gasteiger partial charge in [-0.05, 0) is 37.7 Å².